The van der Waals surface area contributed by atoms with Gasteiger partial charge in [0.1, 0.15) is 13.2 Å². The molecule has 0 aliphatic carbocycles. The van der Waals surface area contributed by atoms with E-state index in [4.69, 9.17) is 9.47 Å². The van der Waals surface area contributed by atoms with Crippen molar-refractivity contribution in [3.8, 4) is 11.5 Å². The summed E-state index contributed by atoms with van der Waals surface area (Å²) in [5, 5.41) is 2.74. The van der Waals surface area contributed by atoms with Crippen LogP contribution >= 0.6 is 0 Å². The van der Waals surface area contributed by atoms with Crippen LogP contribution in [0, 0.1) is 0 Å². The minimum atomic E-state index is -4.09. The largest absolute Gasteiger partial charge is 0.486 e. The Morgan fingerprint density at radius 1 is 0.909 bits per heavy atom. The van der Waals surface area contributed by atoms with Gasteiger partial charge in [-0.25, -0.2) is 13.2 Å². The molecule has 1 amide bonds. The van der Waals surface area contributed by atoms with Gasteiger partial charge in [-0.1, -0.05) is 18.2 Å². The minimum absolute atomic E-state index is 0.0796. The number of anilines is 2. The highest BCUT2D eigenvalue weighted by atomic mass is 32.2. The molecule has 170 valence electrons. The highest BCUT2D eigenvalue weighted by Crippen LogP contribution is 2.33. The number of para-hydroxylation sites is 1. The molecule has 0 saturated heterocycles. The fraction of sp³-hybridized carbons (Fsp3) is 0.130. The van der Waals surface area contributed by atoms with Crippen molar-refractivity contribution in [2.24, 2.45) is 0 Å². The Kier molecular flexibility index (Phi) is 6.18. The third-order valence-corrected chi connectivity index (χ3v) is 6.14. The number of sulfonamides is 1. The molecule has 3 aromatic carbocycles. The van der Waals surface area contributed by atoms with Gasteiger partial charge in [0.15, 0.2) is 11.5 Å². The normalized spacial score (nSPS) is 12.5. The van der Waals surface area contributed by atoms with E-state index in [1.54, 1.807) is 30.3 Å². The Morgan fingerprint density at radius 2 is 1.67 bits per heavy atom. The van der Waals surface area contributed by atoms with Crippen LogP contribution in [0.3, 0.4) is 0 Å². The van der Waals surface area contributed by atoms with E-state index in [0.717, 1.165) is 0 Å². The minimum Gasteiger partial charge on any atom is -0.486 e. The number of ether oxygens (including phenoxy) is 3. The summed E-state index contributed by atoms with van der Waals surface area (Å²) < 4.78 is 43.9. The topological polar surface area (TPSA) is 120 Å². The molecule has 1 heterocycles. The third kappa shape index (κ3) is 4.90. The number of hydrogen-bond donors (Lipinski definition) is 2. The van der Waals surface area contributed by atoms with E-state index < -0.39 is 21.9 Å². The molecule has 10 heteroatoms. The lowest BCUT2D eigenvalue weighted by molar-refractivity contribution is 0.0600. The molecule has 0 unspecified atom stereocenters. The van der Waals surface area contributed by atoms with Crippen LogP contribution in [-0.4, -0.2) is 40.6 Å². The average Bonchev–Trinajstić information content (AvgIpc) is 2.83. The molecule has 1 aliphatic rings. The Balaban J connectivity index is 1.57. The van der Waals surface area contributed by atoms with E-state index in [1.807, 2.05) is 0 Å². The first-order chi connectivity index (χ1) is 15.9. The van der Waals surface area contributed by atoms with E-state index in [2.05, 4.69) is 14.8 Å². The second kappa shape index (κ2) is 9.21. The molecule has 4 rings (SSSR count). The summed E-state index contributed by atoms with van der Waals surface area (Å²) in [5.74, 6) is -0.0836. The molecule has 0 aromatic heterocycles. The van der Waals surface area contributed by atoms with E-state index in [-0.39, 0.29) is 21.7 Å². The number of methoxy groups -OCH3 is 1. The van der Waals surface area contributed by atoms with Crippen LogP contribution in [-0.2, 0) is 14.8 Å². The number of benzene rings is 3. The number of esters is 1. The van der Waals surface area contributed by atoms with E-state index in [0.29, 0.717) is 30.4 Å². The first-order valence-corrected chi connectivity index (χ1v) is 11.4. The van der Waals surface area contributed by atoms with Gasteiger partial charge in [0.2, 0.25) is 0 Å². The number of rotatable bonds is 6. The van der Waals surface area contributed by atoms with E-state index >= 15 is 0 Å². The number of carbonyl (C=O) groups excluding carboxylic acids is 2. The van der Waals surface area contributed by atoms with Crippen LogP contribution < -0.4 is 19.5 Å². The quantitative estimate of drug-likeness (QED) is 0.533. The molecular formula is C23H20N2O7S. The van der Waals surface area contributed by atoms with Gasteiger partial charge < -0.3 is 19.5 Å². The lowest BCUT2D eigenvalue weighted by Crippen LogP contribution is -2.19. The van der Waals surface area contributed by atoms with Crippen LogP contribution in [0.1, 0.15) is 20.7 Å². The molecule has 0 spiro atoms. The maximum Gasteiger partial charge on any atom is 0.337 e. The van der Waals surface area contributed by atoms with Crippen molar-refractivity contribution in [3.05, 3.63) is 77.9 Å². The summed E-state index contributed by atoms with van der Waals surface area (Å²) in [6.45, 7) is 0.862. The predicted molar refractivity (Wildman–Crippen MR) is 120 cm³/mol. The van der Waals surface area contributed by atoms with Crippen molar-refractivity contribution in [1.82, 2.24) is 0 Å². The molecule has 0 bridgehead atoms. The monoisotopic (exact) mass is 468 g/mol. The lowest BCUT2D eigenvalue weighted by Gasteiger charge is -2.19. The Morgan fingerprint density at radius 3 is 2.45 bits per heavy atom. The van der Waals surface area contributed by atoms with Crippen LogP contribution in [0.5, 0.6) is 11.5 Å². The fourth-order valence-corrected chi connectivity index (χ4v) is 4.33. The summed E-state index contributed by atoms with van der Waals surface area (Å²) in [7, 11) is -2.89. The molecule has 33 heavy (non-hydrogen) atoms. The standard InChI is InChI=1S/C23H20N2O7S/c1-30-23(27)15-5-4-6-17(13-15)33(28,29)25-19-8-3-2-7-18(19)22(26)24-16-9-10-20-21(14-16)32-12-11-31-20/h2-10,13-14,25H,11-12H2,1H3,(H,24,26). The van der Waals surface area contributed by atoms with Gasteiger partial charge in [-0.2, -0.15) is 0 Å². The third-order valence-electron chi connectivity index (χ3n) is 4.78. The molecule has 1 aliphatic heterocycles. The second-order valence-corrected chi connectivity index (χ2v) is 8.67. The molecule has 0 saturated carbocycles. The summed E-state index contributed by atoms with van der Waals surface area (Å²) in [6.07, 6.45) is 0. The van der Waals surface area contributed by atoms with Gasteiger partial charge >= 0.3 is 5.97 Å². The first kappa shape index (κ1) is 22.2. The van der Waals surface area contributed by atoms with Crippen LogP contribution in [0.25, 0.3) is 0 Å². The highest BCUT2D eigenvalue weighted by Gasteiger charge is 2.21. The smallest absolute Gasteiger partial charge is 0.337 e. The van der Waals surface area contributed by atoms with Crippen molar-refractivity contribution in [2.75, 3.05) is 30.4 Å². The predicted octanol–water partition coefficient (Wildman–Crippen LogP) is 3.30. The number of amides is 1. The maximum absolute atomic E-state index is 12.9. The molecule has 0 fully saturated rings. The number of fused-ring (bicyclic) bond motifs is 1. The summed E-state index contributed by atoms with van der Waals surface area (Å²) in [4.78, 5) is 24.5. The van der Waals surface area contributed by atoms with Gasteiger partial charge in [0.25, 0.3) is 15.9 Å². The van der Waals surface area contributed by atoms with Gasteiger partial charge in [0.05, 0.1) is 28.8 Å². The molecule has 3 aromatic rings. The van der Waals surface area contributed by atoms with Crippen molar-refractivity contribution in [2.45, 2.75) is 4.90 Å². The van der Waals surface area contributed by atoms with Crippen molar-refractivity contribution < 1.29 is 32.2 Å². The first-order valence-electron chi connectivity index (χ1n) is 9.88. The van der Waals surface area contributed by atoms with E-state index in [1.165, 1.54) is 43.5 Å². The molecule has 9 nitrogen and oxygen atoms in total. The van der Waals surface area contributed by atoms with E-state index in [9.17, 15) is 18.0 Å². The Hall–Kier alpha value is -4.05. The van der Waals surface area contributed by atoms with Gasteiger partial charge in [-0.3, -0.25) is 9.52 Å². The molecular weight excluding hydrogens is 448 g/mol. The van der Waals surface area contributed by atoms with Gasteiger partial charge in [-0.05, 0) is 42.5 Å². The van der Waals surface area contributed by atoms with Crippen LogP contribution in [0.15, 0.2) is 71.6 Å². The summed E-state index contributed by atoms with van der Waals surface area (Å²) in [5.41, 5.74) is 0.744. The average molecular weight is 468 g/mol. The molecule has 0 atom stereocenters. The number of carbonyl (C=O) groups is 2. The van der Waals surface area contributed by atoms with Crippen molar-refractivity contribution >= 4 is 33.3 Å². The van der Waals surface area contributed by atoms with Crippen LogP contribution in [0.4, 0.5) is 11.4 Å². The van der Waals surface area contributed by atoms with Crippen molar-refractivity contribution in [3.63, 3.8) is 0 Å². The highest BCUT2D eigenvalue weighted by molar-refractivity contribution is 7.92. The van der Waals surface area contributed by atoms with Gasteiger partial charge in [0, 0.05) is 11.8 Å². The van der Waals surface area contributed by atoms with Crippen LogP contribution in [0.2, 0.25) is 0 Å². The zero-order valence-electron chi connectivity index (χ0n) is 17.5. The number of hydrogen-bond acceptors (Lipinski definition) is 7. The molecule has 2 N–H and O–H groups in total. The maximum atomic E-state index is 12.9. The Labute approximate surface area is 190 Å². The van der Waals surface area contributed by atoms with Crippen molar-refractivity contribution in [1.29, 1.82) is 0 Å². The summed E-state index contributed by atoms with van der Waals surface area (Å²) in [6, 6.07) is 16.6. The zero-order valence-corrected chi connectivity index (χ0v) is 18.3. The summed E-state index contributed by atoms with van der Waals surface area (Å²) >= 11 is 0. The fourth-order valence-electron chi connectivity index (χ4n) is 3.20. The van der Waals surface area contributed by atoms with Gasteiger partial charge in [-0.15, -0.1) is 0 Å². The Bertz CT molecular complexity index is 1320. The number of nitrogens with one attached hydrogen (secondary N) is 2. The lowest BCUT2D eigenvalue weighted by atomic mass is 10.1. The SMILES string of the molecule is COC(=O)c1cccc(S(=O)(=O)Nc2ccccc2C(=O)Nc2ccc3c(c2)OCCO3)c1. The zero-order chi connectivity index (χ0) is 23.4. The second-order valence-electron chi connectivity index (χ2n) is 6.98. The molecule has 0 radical (unpaired) electrons.